The second kappa shape index (κ2) is 11.3. The highest BCUT2D eigenvalue weighted by atomic mass is 35.5. The van der Waals surface area contributed by atoms with Crippen molar-refractivity contribution in [2.24, 2.45) is 0 Å². The Morgan fingerprint density at radius 1 is 1.14 bits per heavy atom. The van der Waals surface area contributed by atoms with Gasteiger partial charge in [0, 0.05) is 63.8 Å². The summed E-state index contributed by atoms with van der Waals surface area (Å²) >= 11 is 5.92. The number of piperazine rings is 1. The van der Waals surface area contributed by atoms with Crippen molar-refractivity contribution in [3.05, 3.63) is 71.1 Å². The highest BCUT2D eigenvalue weighted by Gasteiger charge is 2.25. The predicted molar refractivity (Wildman–Crippen MR) is 142 cm³/mol. The van der Waals surface area contributed by atoms with Gasteiger partial charge in [-0.2, -0.15) is 4.98 Å². The summed E-state index contributed by atoms with van der Waals surface area (Å²) in [5.41, 5.74) is 2.81. The van der Waals surface area contributed by atoms with Gasteiger partial charge < -0.3 is 25.1 Å². The molecule has 1 aliphatic rings. The zero-order valence-electron chi connectivity index (χ0n) is 20.4. The fraction of sp³-hybridized carbons (Fsp3) is 0.231. The lowest BCUT2D eigenvalue weighted by Crippen LogP contribution is -2.51. The third-order valence-electron chi connectivity index (χ3n) is 5.79. The maximum absolute atomic E-state index is 13.6. The molecule has 1 aromatic heterocycles. The van der Waals surface area contributed by atoms with Crippen LogP contribution in [0.5, 0.6) is 0 Å². The van der Waals surface area contributed by atoms with Crippen LogP contribution >= 0.6 is 11.6 Å². The molecule has 11 heteroatoms. The molecule has 3 aromatic rings. The van der Waals surface area contributed by atoms with E-state index >= 15 is 0 Å². The van der Waals surface area contributed by atoms with Gasteiger partial charge in [-0.05, 0) is 41.5 Å². The minimum Gasteiger partial charge on any atom is -0.478 e. The number of urea groups is 1. The van der Waals surface area contributed by atoms with E-state index in [1.54, 1.807) is 36.2 Å². The Hall–Kier alpha value is -4.18. The summed E-state index contributed by atoms with van der Waals surface area (Å²) in [6.45, 7) is 2.17. The van der Waals surface area contributed by atoms with E-state index in [4.69, 9.17) is 21.7 Å². The lowest BCUT2D eigenvalue weighted by Gasteiger charge is -2.37. The van der Waals surface area contributed by atoms with E-state index in [0.717, 1.165) is 22.8 Å². The Bertz CT molecular complexity index is 1340. The maximum atomic E-state index is 13.6. The van der Waals surface area contributed by atoms with Crippen LogP contribution in [0.15, 0.2) is 54.7 Å². The Balaban J connectivity index is 1.68. The molecular weight excluding hydrogens is 499 g/mol. The second-order valence-corrected chi connectivity index (χ2v) is 9.04. The number of carboxylic acids is 1. The van der Waals surface area contributed by atoms with E-state index in [2.05, 4.69) is 15.2 Å². The van der Waals surface area contributed by atoms with Crippen LogP contribution in [-0.4, -0.2) is 77.1 Å². The minimum atomic E-state index is -1.03. The zero-order chi connectivity index (χ0) is 26.5. The van der Waals surface area contributed by atoms with Crippen LogP contribution in [0, 0.1) is 5.82 Å². The van der Waals surface area contributed by atoms with Gasteiger partial charge in [-0.15, -0.1) is 0 Å². The van der Waals surface area contributed by atoms with E-state index in [1.165, 1.54) is 18.2 Å². The molecule has 0 radical (unpaired) electrons. The summed E-state index contributed by atoms with van der Waals surface area (Å²) < 4.78 is 13.6. The standard InChI is InChI=1S/C26H26ClFN6O3/c1-32(2)26(37)34-12-10-33(11-13-34)24-20(18-5-3-4-17(14-18)6-9-23(35)36)16-29-25(31-24)30-19-7-8-22(28)21(27)15-19/h3-9,14-16H,10-13H2,1-2H3,(H,35,36)(H,29,30,31)/b9-6+. The molecule has 0 unspecified atom stereocenters. The van der Waals surface area contributed by atoms with Gasteiger partial charge in [0.05, 0.1) is 5.02 Å². The van der Waals surface area contributed by atoms with Gasteiger partial charge in [-0.1, -0.05) is 29.8 Å². The Morgan fingerprint density at radius 2 is 1.89 bits per heavy atom. The van der Waals surface area contributed by atoms with Crippen molar-refractivity contribution < 1.29 is 19.1 Å². The van der Waals surface area contributed by atoms with E-state index in [1.807, 2.05) is 24.3 Å². The number of carbonyl (C=O) groups is 2. The number of nitrogens with zero attached hydrogens (tertiary/aromatic N) is 5. The summed E-state index contributed by atoms with van der Waals surface area (Å²) in [6.07, 6.45) is 4.29. The predicted octanol–water partition coefficient (Wildman–Crippen LogP) is 4.58. The van der Waals surface area contributed by atoms with Gasteiger partial charge in [0.15, 0.2) is 0 Å². The van der Waals surface area contributed by atoms with E-state index < -0.39 is 11.8 Å². The van der Waals surface area contributed by atoms with Crippen LogP contribution in [-0.2, 0) is 4.79 Å². The number of hydrogen-bond donors (Lipinski definition) is 2. The third-order valence-corrected chi connectivity index (χ3v) is 6.08. The number of anilines is 3. The zero-order valence-corrected chi connectivity index (χ0v) is 21.1. The molecule has 2 N–H and O–H groups in total. The Morgan fingerprint density at radius 3 is 2.57 bits per heavy atom. The van der Waals surface area contributed by atoms with E-state index in [9.17, 15) is 14.0 Å². The Labute approximate surface area is 218 Å². The average molecular weight is 525 g/mol. The normalized spacial score (nSPS) is 13.6. The number of nitrogens with one attached hydrogen (secondary N) is 1. The van der Waals surface area contributed by atoms with Crippen LogP contribution in [0.3, 0.4) is 0 Å². The Kier molecular flexibility index (Phi) is 7.88. The van der Waals surface area contributed by atoms with Gasteiger partial charge in [-0.3, -0.25) is 0 Å². The van der Waals surface area contributed by atoms with Gasteiger partial charge in [0.2, 0.25) is 5.95 Å². The summed E-state index contributed by atoms with van der Waals surface area (Å²) in [7, 11) is 3.45. The summed E-state index contributed by atoms with van der Waals surface area (Å²) in [5.74, 6) is -0.598. The van der Waals surface area contributed by atoms with Crippen molar-refractivity contribution in [2.45, 2.75) is 0 Å². The van der Waals surface area contributed by atoms with Gasteiger partial charge in [0.1, 0.15) is 11.6 Å². The van der Waals surface area contributed by atoms with Crippen LogP contribution < -0.4 is 10.2 Å². The highest BCUT2D eigenvalue weighted by Crippen LogP contribution is 2.32. The first-order valence-corrected chi connectivity index (χ1v) is 11.9. The number of benzene rings is 2. The van der Waals surface area contributed by atoms with Gasteiger partial charge in [0.25, 0.3) is 0 Å². The molecule has 9 nitrogen and oxygen atoms in total. The number of rotatable bonds is 6. The van der Waals surface area contributed by atoms with Crippen LogP contribution in [0.25, 0.3) is 17.2 Å². The number of amides is 2. The second-order valence-electron chi connectivity index (χ2n) is 8.63. The minimum absolute atomic E-state index is 0.0187. The lowest BCUT2D eigenvalue weighted by atomic mass is 10.0. The largest absolute Gasteiger partial charge is 0.478 e. The van der Waals surface area contributed by atoms with Crippen molar-refractivity contribution in [2.75, 3.05) is 50.5 Å². The van der Waals surface area contributed by atoms with Crippen molar-refractivity contribution >= 4 is 47.1 Å². The molecule has 1 fully saturated rings. The molecule has 1 saturated heterocycles. The summed E-state index contributed by atoms with van der Waals surface area (Å²) in [4.78, 5) is 38.0. The molecule has 1 aliphatic heterocycles. The van der Waals surface area contributed by atoms with Crippen molar-refractivity contribution in [1.82, 2.24) is 19.8 Å². The molecular formula is C26H26ClFN6O3. The smallest absolute Gasteiger partial charge is 0.328 e. The topological polar surface area (TPSA) is 102 Å². The van der Waals surface area contributed by atoms with Gasteiger partial charge >= 0.3 is 12.0 Å². The fourth-order valence-corrected chi connectivity index (χ4v) is 4.13. The molecule has 0 aliphatic carbocycles. The molecule has 2 amide bonds. The SMILES string of the molecule is CN(C)C(=O)N1CCN(c2nc(Nc3ccc(F)c(Cl)c3)ncc2-c2cccc(/C=C/C(=O)O)c2)CC1. The first-order valence-electron chi connectivity index (χ1n) is 11.5. The van der Waals surface area contributed by atoms with Crippen molar-refractivity contribution in [3.63, 3.8) is 0 Å². The third kappa shape index (κ3) is 6.34. The first kappa shape index (κ1) is 25.9. The van der Waals surface area contributed by atoms with Crippen molar-refractivity contribution in [1.29, 1.82) is 0 Å². The average Bonchev–Trinajstić information content (AvgIpc) is 2.89. The highest BCUT2D eigenvalue weighted by molar-refractivity contribution is 6.31. The van der Waals surface area contributed by atoms with Crippen LogP contribution in [0.2, 0.25) is 5.02 Å². The van der Waals surface area contributed by atoms with Crippen LogP contribution in [0.1, 0.15) is 5.56 Å². The molecule has 0 spiro atoms. The van der Waals surface area contributed by atoms with E-state index in [-0.39, 0.29) is 11.1 Å². The summed E-state index contributed by atoms with van der Waals surface area (Å²) in [6, 6.07) is 11.6. The lowest BCUT2D eigenvalue weighted by molar-refractivity contribution is -0.131. The molecule has 4 rings (SSSR count). The first-order chi connectivity index (χ1) is 17.7. The number of hydrogen-bond acceptors (Lipinski definition) is 6. The number of carbonyl (C=O) groups excluding carboxylic acids is 1. The summed E-state index contributed by atoms with van der Waals surface area (Å²) in [5, 5.41) is 12.0. The number of carboxylic acid groups (broad SMARTS) is 1. The molecule has 192 valence electrons. The quantitative estimate of drug-likeness (QED) is 0.455. The monoisotopic (exact) mass is 524 g/mol. The molecule has 0 bridgehead atoms. The van der Waals surface area contributed by atoms with Crippen LogP contribution in [0.4, 0.5) is 26.6 Å². The number of aliphatic carboxylic acids is 1. The molecule has 0 saturated carbocycles. The number of aromatic nitrogens is 2. The molecule has 2 heterocycles. The van der Waals surface area contributed by atoms with Crippen molar-refractivity contribution in [3.8, 4) is 11.1 Å². The van der Waals surface area contributed by atoms with Gasteiger partial charge in [-0.25, -0.2) is 19.0 Å². The van der Waals surface area contributed by atoms with E-state index in [0.29, 0.717) is 43.6 Å². The molecule has 37 heavy (non-hydrogen) atoms. The fourth-order valence-electron chi connectivity index (χ4n) is 3.95. The molecule has 0 atom stereocenters. The number of halogens is 2. The molecule has 2 aromatic carbocycles. The maximum Gasteiger partial charge on any atom is 0.328 e.